The van der Waals surface area contributed by atoms with Gasteiger partial charge in [0.1, 0.15) is 0 Å². The van der Waals surface area contributed by atoms with Crippen LogP contribution >= 0.6 is 0 Å². The molecule has 1 heterocycles. The molecule has 0 aromatic carbocycles. The summed E-state index contributed by atoms with van der Waals surface area (Å²) in [6.45, 7) is 6.84. The fourth-order valence-corrected chi connectivity index (χ4v) is 4.21. The van der Waals surface area contributed by atoms with E-state index in [1.54, 1.807) is 0 Å². The highest BCUT2D eigenvalue weighted by atomic mass is 32.2. The minimum absolute atomic E-state index is 0.330. The van der Waals surface area contributed by atoms with Crippen LogP contribution in [0, 0.1) is 5.92 Å². The summed E-state index contributed by atoms with van der Waals surface area (Å²) in [5, 5.41) is 3.51. The average Bonchev–Trinajstić information content (AvgIpc) is 3.10. The second-order valence-corrected chi connectivity index (χ2v) is 8.16. The van der Waals surface area contributed by atoms with E-state index in [4.69, 9.17) is 0 Å². The van der Waals surface area contributed by atoms with E-state index in [-0.39, 0.29) is 0 Å². The van der Waals surface area contributed by atoms with Gasteiger partial charge < -0.3 is 5.32 Å². The molecule has 2 unspecified atom stereocenters. The summed E-state index contributed by atoms with van der Waals surface area (Å²) in [4.78, 5) is 2.41. The molecule has 106 valence electrons. The fraction of sp³-hybridized carbons (Fsp3) is 1.00. The van der Waals surface area contributed by atoms with Crippen LogP contribution in [0.4, 0.5) is 0 Å². The van der Waals surface area contributed by atoms with Gasteiger partial charge in [-0.25, -0.2) is 8.42 Å². The smallest absolute Gasteiger partial charge is 0.151 e. The van der Waals surface area contributed by atoms with E-state index in [0.29, 0.717) is 23.6 Å². The molecule has 2 atom stereocenters. The Morgan fingerprint density at radius 3 is 2.61 bits per heavy atom. The Bertz CT molecular complexity index is 365. The topological polar surface area (TPSA) is 49.4 Å². The summed E-state index contributed by atoms with van der Waals surface area (Å²) in [6, 6.07) is 1.05. The van der Waals surface area contributed by atoms with Crippen molar-refractivity contribution in [1.82, 2.24) is 10.2 Å². The molecule has 0 aromatic rings. The Balaban J connectivity index is 1.88. The van der Waals surface area contributed by atoms with Crippen LogP contribution in [0.2, 0.25) is 0 Å². The molecule has 2 rings (SSSR count). The lowest BCUT2D eigenvalue weighted by Gasteiger charge is -2.39. The van der Waals surface area contributed by atoms with Crippen molar-refractivity contribution in [3.05, 3.63) is 0 Å². The van der Waals surface area contributed by atoms with Gasteiger partial charge in [0.15, 0.2) is 9.84 Å². The highest BCUT2D eigenvalue weighted by Gasteiger charge is 2.37. The molecular formula is C13H26N2O2S. The average molecular weight is 274 g/mol. The van der Waals surface area contributed by atoms with Crippen molar-refractivity contribution in [3.63, 3.8) is 0 Å². The normalized spacial score (nSPS) is 30.6. The van der Waals surface area contributed by atoms with Gasteiger partial charge in [-0.15, -0.1) is 0 Å². The molecule has 18 heavy (non-hydrogen) atoms. The standard InChI is InChI=1S/C13H26N2O2S/c1-3-7-18(16,17)8-6-15-10-11(2)14-9-13(15)12-4-5-12/h11-14H,3-10H2,1-2H3. The van der Waals surface area contributed by atoms with Crippen LogP contribution < -0.4 is 5.32 Å². The van der Waals surface area contributed by atoms with Gasteiger partial charge in [-0.1, -0.05) is 6.92 Å². The van der Waals surface area contributed by atoms with Crippen LogP contribution in [-0.2, 0) is 9.84 Å². The molecule has 0 spiro atoms. The highest BCUT2D eigenvalue weighted by Crippen LogP contribution is 2.36. The van der Waals surface area contributed by atoms with E-state index in [9.17, 15) is 8.42 Å². The quantitative estimate of drug-likeness (QED) is 0.781. The van der Waals surface area contributed by atoms with Crippen molar-refractivity contribution in [2.45, 2.75) is 45.2 Å². The molecular weight excluding hydrogens is 248 g/mol. The molecule has 5 heteroatoms. The molecule has 1 aliphatic carbocycles. The SMILES string of the molecule is CCCS(=O)(=O)CCN1CC(C)NCC1C1CC1. The monoisotopic (exact) mass is 274 g/mol. The van der Waals surface area contributed by atoms with Gasteiger partial charge in [-0.05, 0) is 32.1 Å². The van der Waals surface area contributed by atoms with Crippen LogP contribution in [-0.4, -0.2) is 56.5 Å². The molecule has 1 aliphatic heterocycles. The van der Waals surface area contributed by atoms with Gasteiger partial charge >= 0.3 is 0 Å². The Hall–Kier alpha value is -0.130. The van der Waals surface area contributed by atoms with Crippen LogP contribution in [0.15, 0.2) is 0 Å². The van der Waals surface area contributed by atoms with E-state index < -0.39 is 9.84 Å². The molecule has 2 aliphatic rings. The Kier molecular flexibility index (Phi) is 4.67. The number of rotatable bonds is 6. The first-order chi connectivity index (χ1) is 8.52. The van der Waals surface area contributed by atoms with Gasteiger partial charge in [-0.2, -0.15) is 0 Å². The van der Waals surface area contributed by atoms with Crippen molar-refractivity contribution in [2.24, 2.45) is 5.92 Å². The second-order valence-electron chi connectivity index (χ2n) is 5.86. The Morgan fingerprint density at radius 2 is 2.00 bits per heavy atom. The summed E-state index contributed by atoms with van der Waals surface area (Å²) >= 11 is 0. The largest absolute Gasteiger partial charge is 0.311 e. The van der Waals surface area contributed by atoms with Gasteiger partial charge in [0.25, 0.3) is 0 Å². The first-order valence-electron chi connectivity index (χ1n) is 7.19. The first-order valence-corrected chi connectivity index (χ1v) is 9.02. The molecule has 0 aromatic heterocycles. The second kappa shape index (κ2) is 5.88. The van der Waals surface area contributed by atoms with Gasteiger partial charge in [0.05, 0.1) is 5.75 Å². The Morgan fingerprint density at radius 1 is 1.28 bits per heavy atom. The Labute approximate surface area is 111 Å². The zero-order chi connectivity index (χ0) is 13.2. The first kappa shape index (κ1) is 14.3. The maximum Gasteiger partial charge on any atom is 0.151 e. The summed E-state index contributed by atoms with van der Waals surface area (Å²) in [5.41, 5.74) is 0. The number of nitrogens with zero attached hydrogens (tertiary/aromatic N) is 1. The van der Waals surface area contributed by atoms with Crippen molar-refractivity contribution >= 4 is 9.84 Å². The van der Waals surface area contributed by atoms with Gasteiger partial charge in [0, 0.05) is 37.5 Å². The number of sulfone groups is 1. The predicted octanol–water partition coefficient (Wildman–Crippen LogP) is 0.884. The van der Waals surface area contributed by atoms with Crippen molar-refractivity contribution < 1.29 is 8.42 Å². The molecule has 1 N–H and O–H groups in total. The zero-order valence-electron chi connectivity index (χ0n) is 11.6. The summed E-state index contributed by atoms with van der Waals surface area (Å²) in [7, 11) is -2.84. The van der Waals surface area contributed by atoms with Crippen molar-refractivity contribution in [2.75, 3.05) is 31.1 Å². The van der Waals surface area contributed by atoms with E-state index in [0.717, 1.165) is 32.0 Å². The summed E-state index contributed by atoms with van der Waals surface area (Å²) in [5.74, 6) is 1.47. The van der Waals surface area contributed by atoms with Gasteiger partial charge in [0.2, 0.25) is 0 Å². The molecule has 4 nitrogen and oxygen atoms in total. The van der Waals surface area contributed by atoms with E-state index in [1.807, 2.05) is 6.92 Å². The molecule has 1 saturated carbocycles. The predicted molar refractivity (Wildman–Crippen MR) is 74.5 cm³/mol. The van der Waals surface area contributed by atoms with E-state index in [2.05, 4.69) is 17.1 Å². The third-order valence-electron chi connectivity index (χ3n) is 4.02. The number of nitrogens with one attached hydrogen (secondary N) is 1. The maximum atomic E-state index is 11.8. The van der Waals surface area contributed by atoms with Crippen molar-refractivity contribution in [1.29, 1.82) is 0 Å². The van der Waals surface area contributed by atoms with Crippen molar-refractivity contribution in [3.8, 4) is 0 Å². The van der Waals surface area contributed by atoms with Gasteiger partial charge in [-0.3, -0.25) is 4.90 Å². The maximum absolute atomic E-state index is 11.8. The minimum atomic E-state index is -2.84. The van der Waals surface area contributed by atoms with Crippen LogP contribution in [0.25, 0.3) is 0 Å². The number of piperazine rings is 1. The molecule has 0 radical (unpaired) electrons. The summed E-state index contributed by atoms with van der Waals surface area (Å²) in [6.07, 6.45) is 3.37. The zero-order valence-corrected chi connectivity index (χ0v) is 12.4. The van der Waals surface area contributed by atoms with Crippen LogP contribution in [0.5, 0.6) is 0 Å². The lowest BCUT2D eigenvalue weighted by molar-refractivity contribution is 0.127. The number of hydrogen-bond acceptors (Lipinski definition) is 4. The molecule has 0 amide bonds. The minimum Gasteiger partial charge on any atom is -0.311 e. The molecule has 1 saturated heterocycles. The highest BCUT2D eigenvalue weighted by molar-refractivity contribution is 7.91. The fourth-order valence-electron chi connectivity index (χ4n) is 2.88. The lowest BCUT2D eigenvalue weighted by Crippen LogP contribution is -2.57. The van der Waals surface area contributed by atoms with Crippen LogP contribution in [0.3, 0.4) is 0 Å². The number of hydrogen-bond donors (Lipinski definition) is 1. The molecule has 2 fully saturated rings. The summed E-state index contributed by atoms with van der Waals surface area (Å²) < 4.78 is 23.6. The van der Waals surface area contributed by atoms with E-state index in [1.165, 1.54) is 12.8 Å². The lowest BCUT2D eigenvalue weighted by atomic mass is 10.1. The molecule has 0 bridgehead atoms. The van der Waals surface area contributed by atoms with Crippen LogP contribution in [0.1, 0.15) is 33.1 Å². The van der Waals surface area contributed by atoms with E-state index >= 15 is 0 Å². The third-order valence-corrected chi connectivity index (χ3v) is 5.86. The third kappa shape index (κ3) is 3.93.